The van der Waals surface area contributed by atoms with Crippen LogP contribution in [0.3, 0.4) is 0 Å². The molecule has 0 aromatic heterocycles. The van der Waals surface area contributed by atoms with E-state index < -0.39 is 30.8 Å². The van der Waals surface area contributed by atoms with Crippen molar-refractivity contribution in [3.63, 3.8) is 0 Å². The van der Waals surface area contributed by atoms with Crippen LogP contribution in [0.15, 0.2) is 0 Å². The van der Waals surface area contributed by atoms with E-state index in [0.29, 0.717) is 0 Å². The van der Waals surface area contributed by atoms with Crippen LogP contribution < -0.4 is 5.32 Å². The quantitative estimate of drug-likeness (QED) is 0.705. The zero-order chi connectivity index (χ0) is 10.9. The highest BCUT2D eigenvalue weighted by Gasteiger charge is 2.46. The first-order chi connectivity index (χ1) is 6.32. The molecule has 1 heterocycles. The lowest BCUT2D eigenvalue weighted by Crippen LogP contribution is -2.55. The van der Waals surface area contributed by atoms with Gasteiger partial charge in [-0.05, 0) is 5.92 Å². The second kappa shape index (κ2) is 3.76. The maximum absolute atomic E-state index is 12.2. The van der Waals surface area contributed by atoms with Crippen molar-refractivity contribution in [1.29, 1.82) is 0 Å². The molecular weight excluding hydrogens is 199 g/mol. The van der Waals surface area contributed by atoms with E-state index in [-0.39, 0.29) is 5.92 Å². The fourth-order valence-corrected chi connectivity index (χ4v) is 1.23. The molecule has 0 bridgehead atoms. The molecule has 2 atom stereocenters. The van der Waals surface area contributed by atoms with E-state index in [1.807, 2.05) is 0 Å². The molecule has 0 spiro atoms. The van der Waals surface area contributed by atoms with Crippen LogP contribution in [0.5, 0.6) is 0 Å². The summed E-state index contributed by atoms with van der Waals surface area (Å²) in [5.74, 6) is -0.736. The van der Waals surface area contributed by atoms with Gasteiger partial charge in [-0.15, -0.1) is 0 Å². The standard InChI is InChI=1S/C8H12F3NO2/c1-4(2)6-7(13)12-3-5(14-6)8(9,10)11/h4-6H,3H2,1-2H3,(H,12,13). The van der Waals surface area contributed by atoms with Crippen molar-refractivity contribution in [2.45, 2.75) is 32.2 Å². The molecule has 1 rings (SSSR count). The van der Waals surface area contributed by atoms with Gasteiger partial charge in [-0.1, -0.05) is 13.8 Å². The second-order valence-electron chi connectivity index (χ2n) is 3.58. The minimum absolute atomic E-state index is 0.264. The van der Waals surface area contributed by atoms with Crippen molar-refractivity contribution < 1.29 is 22.7 Å². The van der Waals surface area contributed by atoms with Crippen molar-refractivity contribution in [3.8, 4) is 0 Å². The Labute approximate surface area is 79.6 Å². The number of carbonyl (C=O) groups is 1. The number of rotatable bonds is 1. The molecule has 2 unspecified atom stereocenters. The van der Waals surface area contributed by atoms with Crippen LogP contribution in [-0.2, 0) is 9.53 Å². The van der Waals surface area contributed by atoms with Crippen LogP contribution in [0.2, 0.25) is 0 Å². The van der Waals surface area contributed by atoms with E-state index in [4.69, 9.17) is 0 Å². The maximum atomic E-state index is 12.2. The highest BCUT2D eigenvalue weighted by molar-refractivity contribution is 5.81. The summed E-state index contributed by atoms with van der Waals surface area (Å²) in [5.41, 5.74) is 0. The molecule has 1 saturated heterocycles. The molecule has 6 heteroatoms. The summed E-state index contributed by atoms with van der Waals surface area (Å²) in [6.45, 7) is 2.79. The summed E-state index contributed by atoms with van der Waals surface area (Å²) in [6, 6.07) is 0. The van der Waals surface area contributed by atoms with Gasteiger partial charge in [-0.3, -0.25) is 4.79 Å². The molecule has 0 radical (unpaired) electrons. The summed E-state index contributed by atoms with van der Waals surface area (Å²) in [4.78, 5) is 11.1. The molecule has 0 saturated carbocycles. The molecule has 1 aliphatic heterocycles. The van der Waals surface area contributed by atoms with Gasteiger partial charge >= 0.3 is 6.18 Å². The number of hydrogen-bond acceptors (Lipinski definition) is 2. The van der Waals surface area contributed by atoms with Gasteiger partial charge in [-0.25, -0.2) is 0 Å². The normalized spacial score (nSPS) is 29.1. The van der Waals surface area contributed by atoms with Gasteiger partial charge < -0.3 is 10.1 Å². The largest absolute Gasteiger partial charge is 0.416 e. The first-order valence-corrected chi connectivity index (χ1v) is 4.32. The van der Waals surface area contributed by atoms with Crippen LogP contribution in [-0.4, -0.2) is 30.8 Å². The van der Waals surface area contributed by atoms with Crippen molar-refractivity contribution in [1.82, 2.24) is 5.32 Å². The number of hydrogen-bond donors (Lipinski definition) is 1. The van der Waals surface area contributed by atoms with Crippen molar-refractivity contribution in [2.24, 2.45) is 5.92 Å². The van der Waals surface area contributed by atoms with Gasteiger partial charge in [-0.2, -0.15) is 13.2 Å². The summed E-state index contributed by atoms with van der Waals surface area (Å²) in [5, 5.41) is 2.19. The molecule has 0 aromatic rings. The van der Waals surface area contributed by atoms with E-state index in [0.717, 1.165) is 0 Å². The predicted octanol–water partition coefficient (Wildman–Crippen LogP) is 1.09. The molecule has 1 aliphatic rings. The van der Waals surface area contributed by atoms with E-state index in [9.17, 15) is 18.0 Å². The van der Waals surface area contributed by atoms with Crippen LogP contribution in [0, 0.1) is 5.92 Å². The lowest BCUT2D eigenvalue weighted by Gasteiger charge is -2.32. The van der Waals surface area contributed by atoms with Gasteiger partial charge in [0, 0.05) is 0 Å². The molecule has 1 fully saturated rings. The summed E-state index contributed by atoms with van der Waals surface area (Å²) >= 11 is 0. The van der Waals surface area contributed by atoms with Gasteiger partial charge in [0.2, 0.25) is 5.91 Å². The number of ether oxygens (including phenoxy) is 1. The van der Waals surface area contributed by atoms with Crippen molar-refractivity contribution in [2.75, 3.05) is 6.54 Å². The zero-order valence-corrected chi connectivity index (χ0v) is 7.89. The molecule has 14 heavy (non-hydrogen) atoms. The molecule has 1 N–H and O–H groups in total. The second-order valence-corrected chi connectivity index (χ2v) is 3.58. The van der Waals surface area contributed by atoms with Crippen molar-refractivity contribution in [3.05, 3.63) is 0 Å². The summed E-state index contributed by atoms with van der Waals surface area (Å²) in [6.07, 6.45) is -7.30. The first kappa shape index (κ1) is 11.3. The van der Waals surface area contributed by atoms with Crippen LogP contribution in [0.25, 0.3) is 0 Å². The third kappa shape index (κ3) is 2.37. The van der Waals surface area contributed by atoms with Gasteiger partial charge in [0.25, 0.3) is 0 Å². The fourth-order valence-electron chi connectivity index (χ4n) is 1.23. The van der Waals surface area contributed by atoms with Gasteiger partial charge in [0.1, 0.15) is 6.10 Å². The Morgan fingerprint density at radius 1 is 1.50 bits per heavy atom. The number of morpholine rings is 1. The van der Waals surface area contributed by atoms with Gasteiger partial charge in [0.15, 0.2) is 6.10 Å². The third-order valence-corrected chi connectivity index (χ3v) is 2.00. The fraction of sp³-hybridized carbons (Fsp3) is 0.875. The lowest BCUT2D eigenvalue weighted by molar-refractivity contribution is -0.241. The minimum Gasteiger partial charge on any atom is -0.354 e. The molecule has 1 amide bonds. The van der Waals surface area contributed by atoms with Crippen LogP contribution in [0.1, 0.15) is 13.8 Å². The Morgan fingerprint density at radius 3 is 2.50 bits per heavy atom. The lowest BCUT2D eigenvalue weighted by atomic mass is 10.0. The topological polar surface area (TPSA) is 38.3 Å². The van der Waals surface area contributed by atoms with E-state index in [2.05, 4.69) is 10.1 Å². The Hall–Kier alpha value is -0.780. The highest BCUT2D eigenvalue weighted by atomic mass is 19.4. The summed E-state index contributed by atoms with van der Waals surface area (Å²) < 4.78 is 41.4. The van der Waals surface area contributed by atoms with Gasteiger partial charge in [0.05, 0.1) is 6.54 Å². The van der Waals surface area contributed by atoms with E-state index >= 15 is 0 Å². The van der Waals surface area contributed by atoms with E-state index in [1.165, 1.54) is 0 Å². The van der Waals surface area contributed by atoms with E-state index in [1.54, 1.807) is 13.8 Å². The maximum Gasteiger partial charge on any atom is 0.416 e. The number of amides is 1. The number of halogens is 3. The smallest absolute Gasteiger partial charge is 0.354 e. The Balaban J connectivity index is 2.67. The Kier molecular flexibility index (Phi) is 3.04. The number of carbonyl (C=O) groups excluding carboxylic acids is 1. The first-order valence-electron chi connectivity index (χ1n) is 4.32. The minimum atomic E-state index is -4.42. The SMILES string of the molecule is CC(C)C1OC(C(F)(F)F)CNC1=O. The predicted molar refractivity (Wildman–Crippen MR) is 42.6 cm³/mol. The number of nitrogens with one attached hydrogen (secondary N) is 1. The molecular formula is C8H12F3NO2. The molecule has 0 aliphatic carbocycles. The highest BCUT2D eigenvalue weighted by Crippen LogP contribution is 2.27. The van der Waals surface area contributed by atoms with Crippen LogP contribution >= 0.6 is 0 Å². The zero-order valence-electron chi connectivity index (χ0n) is 7.89. The van der Waals surface area contributed by atoms with Crippen molar-refractivity contribution >= 4 is 5.91 Å². The van der Waals surface area contributed by atoms with Crippen LogP contribution in [0.4, 0.5) is 13.2 Å². The molecule has 82 valence electrons. The average molecular weight is 211 g/mol. The number of alkyl halides is 3. The monoisotopic (exact) mass is 211 g/mol. The Morgan fingerprint density at radius 2 is 2.07 bits per heavy atom. The Bertz CT molecular complexity index is 227. The molecule has 3 nitrogen and oxygen atoms in total. The molecule has 0 aromatic carbocycles. The third-order valence-electron chi connectivity index (χ3n) is 2.00. The average Bonchev–Trinajstić information content (AvgIpc) is 2.02. The summed E-state index contributed by atoms with van der Waals surface area (Å²) in [7, 11) is 0.